The summed E-state index contributed by atoms with van der Waals surface area (Å²) >= 11 is 0. The number of carbonyl (C=O) groups is 1. The third kappa shape index (κ3) is 3.45. The predicted octanol–water partition coefficient (Wildman–Crippen LogP) is 0.833. The topological polar surface area (TPSA) is 44.4 Å². The molecule has 0 aromatic carbocycles. The number of nitrogens with zero attached hydrogens (tertiary/aromatic N) is 1. The number of hydrogen-bond acceptors (Lipinski definition) is 3. The fraction of sp³-hybridized carbons (Fsp3) is 0.929. The van der Waals surface area contributed by atoms with Gasteiger partial charge in [-0.15, -0.1) is 0 Å². The Morgan fingerprint density at radius 2 is 2.06 bits per heavy atom. The second kappa shape index (κ2) is 6.53. The summed E-state index contributed by atoms with van der Waals surface area (Å²) in [5, 5.41) is 6.68. The summed E-state index contributed by atoms with van der Waals surface area (Å²) in [6.45, 7) is 6.37. The minimum atomic E-state index is 0.237. The lowest BCUT2D eigenvalue weighted by Gasteiger charge is -2.34. The average molecular weight is 253 g/mol. The van der Waals surface area contributed by atoms with E-state index >= 15 is 0 Å². The molecule has 2 aliphatic rings. The molecule has 2 heterocycles. The van der Waals surface area contributed by atoms with Gasteiger partial charge in [-0.2, -0.15) is 0 Å². The number of nitrogens with one attached hydrogen (secondary N) is 2. The van der Waals surface area contributed by atoms with Crippen molar-refractivity contribution in [1.82, 2.24) is 15.5 Å². The molecule has 0 saturated carbocycles. The van der Waals surface area contributed by atoms with E-state index in [-0.39, 0.29) is 11.8 Å². The number of carbonyl (C=O) groups excluding carboxylic acids is 1. The Hall–Kier alpha value is -0.610. The van der Waals surface area contributed by atoms with Gasteiger partial charge in [0.05, 0.1) is 0 Å². The van der Waals surface area contributed by atoms with Gasteiger partial charge >= 0.3 is 0 Å². The monoisotopic (exact) mass is 253 g/mol. The molecule has 2 rings (SSSR count). The van der Waals surface area contributed by atoms with E-state index in [0.29, 0.717) is 12.0 Å². The fourth-order valence-corrected chi connectivity index (χ4v) is 3.14. The number of amides is 1. The van der Waals surface area contributed by atoms with E-state index < -0.39 is 0 Å². The van der Waals surface area contributed by atoms with Crippen molar-refractivity contribution < 1.29 is 4.79 Å². The first-order valence-electron chi connectivity index (χ1n) is 7.40. The lowest BCUT2D eigenvalue weighted by Crippen LogP contribution is -2.53. The van der Waals surface area contributed by atoms with Gasteiger partial charge in [-0.05, 0) is 51.9 Å². The van der Waals surface area contributed by atoms with E-state index in [1.807, 2.05) is 0 Å². The van der Waals surface area contributed by atoms with Crippen LogP contribution in [-0.4, -0.2) is 50.1 Å². The summed E-state index contributed by atoms with van der Waals surface area (Å²) in [5.41, 5.74) is 0. The smallest absolute Gasteiger partial charge is 0.223 e. The van der Waals surface area contributed by atoms with E-state index in [1.165, 1.54) is 12.8 Å². The zero-order valence-corrected chi connectivity index (χ0v) is 11.7. The molecule has 0 aromatic heterocycles. The van der Waals surface area contributed by atoms with Crippen molar-refractivity contribution >= 4 is 5.91 Å². The van der Waals surface area contributed by atoms with Crippen molar-refractivity contribution in [3.8, 4) is 0 Å². The van der Waals surface area contributed by atoms with Crippen molar-refractivity contribution in [3.05, 3.63) is 0 Å². The Morgan fingerprint density at radius 1 is 1.33 bits per heavy atom. The van der Waals surface area contributed by atoms with Crippen LogP contribution < -0.4 is 10.6 Å². The molecule has 2 aliphatic heterocycles. The van der Waals surface area contributed by atoms with Crippen LogP contribution in [0.2, 0.25) is 0 Å². The molecule has 2 unspecified atom stereocenters. The van der Waals surface area contributed by atoms with Gasteiger partial charge < -0.3 is 15.5 Å². The number of piperidine rings is 2. The van der Waals surface area contributed by atoms with Gasteiger partial charge in [-0.1, -0.05) is 13.3 Å². The predicted molar refractivity (Wildman–Crippen MR) is 73.4 cm³/mol. The minimum Gasteiger partial charge on any atom is -0.352 e. The molecule has 4 nitrogen and oxygen atoms in total. The summed E-state index contributed by atoms with van der Waals surface area (Å²) in [4.78, 5) is 14.6. The maximum atomic E-state index is 12.3. The maximum Gasteiger partial charge on any atom is 0.223 e. The van der Waals surface area contributed by atoms with Gasteiger partial charge in [-0.3, -0.25) is 4.79 Å². The third-order valence-electron chi connectivity index (χ3n) is 4.57. The highest BCUT2D eigenvalue weighted by Crippen LogP contribution is 2.19. The summed E-state index contributed by atoms with van der Waals surface area (Å²) in [6, 6.07) is 0.343. The highest BCUT2D eigenvalue weighted by Gasteiger charge is 2.29. The molecule has 0 aliphatic carbocycles. The van der Waals surface area contributed by atoms with Crippen LogP contribution in [0.1, 0.15) is 32.6 Å². The molecule has 18 heavy (non-hydrogen) atoms. The van der Waals surface area contributed by atoms with Gasteiger partial charge in [0.1, 0.15) is 0 Å². The van der Waals surface area contributed by atoms with E-state index in [1.54, 1.807) is 0 Å². The first-order valence-corrected chi connectivity index (χ1v) is 7.40. The van der Waals surface area contributed by atoms with Crippen LogP contribution >= 0.6 is 0 Å². The first-order chi connectivity index (χ1) is 8.70. The van der Waals surface area contributed by atoms with Gasteiger partial charge in [0, 0.05) is 18.5 Å². The zero-order valence-electron chi connectivity index (χ0n) is 11.7. The van der Waals surface area contributed by atoms with Crippen molar-refractivity contribution in [3.63, 3.8) is 0 Å². The Morgan fingerprint density at radius 3 is 2.72 bits per heavy atom. The van der Waals surface area contributed by atoms with Gasteiger partial charge in [-0.25, -0.2) is 0 Å². The van der Waals surface area contributed by atoms with Gasteiger partial charge in [0.2, 0.25) is 5.91 Å². The zero-order chi connectivity index (χ0) is 13.0. The van der Waals surface area contributed by atoms with Crippen LogP contribution in [0.15, 0.2) is 0 Å². The SMILES string of the molecule is CCC1CCNCC1NC(=O)C1CCN(C)CC1. The first kappa shape index (κ1) is 13.8. The van der Waals surface area contributed by atoms with E-state index in [0.717, 1.165) is 39.0 Å². The van der Waals surface area contributed by atoms with Crippen LogP contribution in [0.4, 0.5) is 0 Å². The van der Waals surface area contributed by atoms with Gasteiger partial charge in [0.15, 0.2) is 0 Å². The van der Waals surface area contributed by atoms with Crippen LogP contribution in [0, 0.1) is 11.8 Å². The molecule has 104 valence electrons. The Labute approximate surface area is 110 Å². The van der Waals surface area contributed by atoms with Crippen LogP contribution in [0.25, 0.3) is 0 Å². The van der Waals surface area contributed by atoms with E-state index in [4.69, 9.17) is 0 Å². The summed E-state index contributed by atoms with van der Waals surface area (Å²) in [5.74, 6) is 1.18. The van der Waals surface area contributed by atoms with E-state index in [2.05, 4.69) is 29.5 Å². The molecule has 2 N–H and O–H groups in total. The summed E-state index contributed by atoms with van der Waals surface area (Å²) in [7, 11) is 2.13. The van der Waals surface area contributed by atoms with Crippen LogP contribution in [-0.2, 0) is 4.79 Å². The lowest BCUT2D eigenvalue weighted by molar-refractivity contribution is -0.127. The summed E-state index contributed by atoms with van der Waals surface area (Å²) < 4.78 is 0. The molecule has 0 spiro atoms. The molecule has 2 saturated heterocycles. The number of rotatable bonds is 3. The fourth-order valence-electron chi connectivity index (χ4n) is 3.14. The molecule has 2 atom stereocenters. The molecule has 4 heteroatoms. The van der Waals surface area contributed by atoms with Crippen LogP contribution in [0.5, 0.6) is 0 Å². The second-order valence-corrected chi connectivity index (χ2v) is 5.85. The largest absolute Gasteiger partial charge is 0.352 e. The van der Waals surface area contributed by atoms with Crippen molar-refractivity contribution in [1.29, 1.82) is 0 Å². The Kier molecular flexibility index (Phi) is 5.01. The quantitative estimate of drug-likeness (QED) is 0.783. The maximum absolute atomic E-state index is 12.3. The van der Waals surface area contributed by atoms with Gasteiger partial charge in [0.25, 0.3) is 0 Å². The Balaban J connectivity index is 1.82. The normalized spacial score (nSPS) is 31.2. The lowest BCUT2D eigenvalue weighted by atomic mass is 9.89. The van der Waals surface area contributed by atoms with Crippen molar-refractivity contribution in [2.75, 3.05) is 33.2 Å². The Bertz CT molecular complexity index is 274. The molecule has 0 bridgehead atoms. The van der Waals surface area contributed by atoms with Crippen molar-refractivity contribution in [2.24, 2.45) is 11.8 Å². The highest BCUT2D eigenvalue weighted by molar-refractivity contribution is 5.79. The number of hydrogen-bond donors (Lipinski definition) is 2. The van der Waals surface area contributed by atoms with Crippen molar-refractivity contribution in [2.45, 2.75) is 38.6 Å². The molecule has 1 amide bonds. The van der Waals surface area contributed by atoms with E-state index in [9.17, 15) is 4.79 Å². The number of likely N-dealkylation sites (tertiary alicyclic amines) is 1. The third-order valence-corrected chi connectivity index (χ3v) is 4.57. The standard InChI is InChI=1S/C14H27N3O/c1-3-11-4-7-15-10-13(11)16-14(18)12-5-8-17(2)9-6-12/h11-13,15H,3-10H2,1-2H3,(H,16,18). The average Bonchev–Trinajstić information content (AvgIpc) is 2.40. The molecule has 0 aromatic rings. The summed E-state index contributed by atoms with van der Waals surface area (Å²) in [6.07, 6.45) is 4.38. The highest BCUT2D eigenvalue weighted by atomic mass is 16.2. The molecular formula is C14H27N3O. The van der Waals surface area contributed by atoms with Crippen LogP contribution in [0.3, 0.4) is 0 Å². The second-order valence-electron chi connectivity index (χ2n) is 5.85. The molecule has 0 radical (unpaired) electrons. The molecular weight excluding hydrogens is 226 g/mol. The molecule has 2 fully saturated rings. The minimum absolute atomic E-state index is 0.237.